The van der Waals surface area contributed by atoms with E-state index in [-0.39, 0.29) is 11.0 Å². The minimum Gasteiger partial charge on any atom is -0.478 e. The summed E-state index contributed by atoms with van der Waals surface area (Å²) in [5, 5.41) is 8.99. The first-order chi connectivity index (χ1) is 13.4. The number of benzene rings is 2. The summed E-state index contributed by atoms with van der Waals surface area (Å²) in [6.45, 7) is 4.49. The standard InChI is InChI=1S/C25H20O3/c1-25(2)14-13-20(23-4-3-15-28-23)21-16-18(9-12-22(21)25)6-5-17-7-10-19(11-8-17)24(26)27/h3-4,7-13,15-16H,14H2,1-2H3,(H,26,27). The molecule has 0 amide bonds. The Bertz CT molecular complexity index is 1120. The van der Waals surface area contributed by atoms with Gasteiger partial charge in [-0.2, -0.15) is 0 Å². The molecule has 1 aliphatic rings. The summed E-state index contributed by atoms with van der Waals surface area (Å²) in [6.07, 6.45) is 4.89. The molecule has 1 N–H and O–H groups in total. The van der Waals surface area contributed by atoms with Gasteiger partial charge in [0, 0.05) is 16.7 Å². The minimum atomic E-state index is -0.936. The van der Waals surface area contributed by atoms with E-state index in [9.17, 15) is 4.79 Å². The Kier molecular flexibility index (Phi) is 4.41. The van der Waals surface area contributed by atoms with Gasteiger partial charge in [-0.3, -0.25) is 0 Å². The van der Waals surface area contributed by atoms with Crippen molar-refractivity contribution in [2.75, 3.05) is 0 Å². The molecule has 0 bridgehead atoms. The van der Waals surface area contributed by atoms with Crippen molar-refractivity contribution in [3.05, 3.63) is 101 Å². The largest absolute Gasteiger partial charge is 0.478 e. The smallest absolute Gasteiger partial charge is 0.335 e. The van der Waals surface area contributed by atoms with Crippen molar-refractivity contribution < 1.29 is 14.3 Å². The minimum absolute atomic E-state index is 0.0596. The molecule has 0 saturated heterocycles. The van der Waals surface area contributed by atoms with E-state index in [0.717, 1.165) is 34.4 Å². The van der Waals surface area contributed by atoms with Crippen molar-refractivity contribution in [1.29, 1.82) is 0 Å². The average Bonchev–Trinajstić information content (AvgIpc) is 3.21. The summed E-state index contributed by atoms with van der Waals surface area (Å²) < 4.78 is 5.65. The number of carbonyl (C=O) groups is 1. The van der Waals surface area contributed by atoms with Gasteiger partial charge in [-0.1, -0.05) is 37.8 Å². The van der Waals surface area contributed by atoms with Gasteiger partial charge < -0.3 is 9.52 Å². The number of rotatable bonds is 2. The predicted octanol–water partition coefficient (Wildman–Crippen LogP) is 5.49. The lowest BCUT2D eigenvalue weighted by Gasteiger charge is -2.31. The van der Waals surface area contributed by atoms with Crippen molar-refractivity contribution in [2.24, 2.45) is 0 Å². The second-order valence-electron chi connectivity index (χ2n) is 7.58. The van der Waals surface area contributed by atoms with Gasteiger partial charge in [0.15, 0.2) is 0 Å². The summed E-state index contributed by atoms with van der Waals surface area (Å²) in [4.78, 5) is 11.0. The van der Waals surface area contributed by atoms with Crippen LogP contribution >= 0.6 is 0 Å². The van der Waals surface area contributed by atoms with E-state index in [1.165, 1.54) is 5.56 Å². The number of aromatic carboxylic acids is 1. The molecule has 0 saturated carbocycles. The molecule has 0 fully saturated rings. The lowest BCUT2D eigenvalue weighted by atomic mass is 9.72. The van der Waals surface area contributed by atoms with E-state index in [1.807, 2.05) is 18.2 Å². The van der Waals surface area contributed by atoms with E-state index < -0.39 is 5.97 Å². The van der Waals surface area contributed by atoms with Gasteiger partial charge in [-0.15, -0.1) is 0 Å². The molecule has 0 spiro atoms. The fourth-order valence-electron chi connectivity index (χ4n) is 3.52. The highest BCUT2D eigenvalue weighted by atomic mass is 16.4. The molecule has 28 heavy (non-hydrogen) atoms. The van der Waals surface area contributed by atoms with Gasteiger partial charge in [0.25, 0.3) is 0 Å². The maximum absolute atomic E-state index is 11.0. The number of carboxylic acid groups (broad SMARTS) is 1. The second kappa shape index (κ2) is 6.90. The Labute approximate surface area is 164 Å². The van der Waals surface area contributed by atoms with Gasteiger partial charge in [0.2, 0.25) is 0 Å². The van der Waals surface area contributed by atoms with Crippen LogP contribution in [0.5, 0.6) is 0 Å². The highest BCUT2D eigenvalue weighted by Crippen LogP contribution is 2.41. The van der Waals surface area contributed by atoms with Crippen molar-refractivity contribution in [1.82, 2.24) is 0 Å². The number of carboxylic acids is 1. The van der Waals surface area contributed by atoms with Gasteiger partial charge in [0.1, 0.15) is 5.76 Å². The third-order valence-corrected chi connectivity index (χ3v) is 5.13. The molecule has 4 rings (SSSR count). The Morgan fingerprint density at radius 1 is 1.04 bits per heavy atom. The number of fused-ring (bicyclic) bond motifs is 1. The molecule has 3 aromatic rings. The van der Waals surface area contributed by atoms with E-state index in [2.05, 4.69) is 43.9 Å². The van der Waals surface area contributed by atoms with Crippen molar-refractivity contribution in [3.8, 4) is 11.8 Å². The van der Waals surface area contributed by atoms with Crippen molar-refractivity contribution in [2.45, 2.75) is 25.7 Å². The normalized spacial score (nSPS) is 14.4. The highest BCUT2D eigenvalue weighted by molar-refractivity contribution is 5.87. The van der Waals surface area contributed by atoms with Crippen LogP contribution in [0.25, 0.3) is 5.57 Å². The van der Waals surface area contributed by atoms with Crippen LogP contribution in [0.3, 0.4) is 0 Å². The summed E-state index contributed by atoms with van der Waals surface area (Å²) in [5.74, 6) is 6.25. The summed E-state index contributed by atoms with van der Waals surface area (Å²) in [5.41, 5.74) is 5.56. The molecular weight excluding hydrogens is 348 g/mol. The number of furan rings is 1. The Morgan fingerprint density at radius 2 is 1.75 bits per heavy atom. The first-order valence-corrected chi connectivity index (χ1v) is 9.18. The zero-order chi connectivity index (χ0) is 19.7. The molecule has 3 nitrogen and oxygen atoms in total. The highest BCUT2D eigenvalue weighted by Gasteiger charge is 2.29. The summed E-state index contributed by atoms with van der Waals surface area (Å²) >= 11 is 0. The monoisotopic (exact) mass is 368 g/mol. The van der Waals surface area contributed by atoms with E-state index in [4.69, 9.17) is 9.52 Å². The molecule has 138 valence electrons. The van der Waals surface area contributed by atoms with Crippen molar-refractivity contribution >= 4 is 11.5 Å². The molecule has 1 aliphatic carbocycles. The fraction of sp³-hybridized carbons (Fsp3) is 0.160. The van der Waals surface area contributed by atoms with Gasteiger partial charge >= 0.3 is 5.97 Å². The van der Waals surface area contributed by atoms with Crippen molar-refractivity contribution in [3.63, 3.8) is 0 Å². The van der Waals surface area contributed by atoms with Crippen LogP contribution in [0, 0.1) is 11.8 Å². The number of hydrogen-bond donors (Lipinski definition) is 1. The second-order valence-corrected chi connectivity index (χ2v) is 7.58. The molecule has 2 aromatic carbocycles. The Morgan fingerprint density at radius 3 is 2.43 bits per heavy atom. The molecule has 0 unspecified atom stereocenters. The van der Waals surface area contributed by atoms with Crippen LogP contribution in [0.2, 0.25) is 0 Å². The first kappa shape index (κ1) is 17.9. The molecule has 0 aliphatic heterocycles. The maximum atomic E-state index is 11.0. The SMILES string of the molecule is CC1(C)CC=C(c2ccco2)c2cc(C#Cc3ccc(C(=O)O)cc3)ccc21. The molecule has 1 heterocycles. The third-order valence-electron chi connectivity index (χ3n) is 5.13. The van der Waals surface area contributed by atoms with Crippen LogP contribution in [-0.2, 0) is 5.41 Å². The van der Waals surface area contributed by atoms with Crippen LogP contribution in [-0.4, -0.2) is 11.1 Å². The topological polar surface area (TPSA) is 50.4 Å². The molecule has 0 atom stereocenters. The van der Waals surface area contributed by atoms with Crippen LogP contribution < -0.4 is 0 Å². The Hall–Kier alpha value is -3.51. The zero-order valence-electron chi connectivity index (χ0n) is 15.8. The lowest BCUT2D eigenvalue weighted by molar-refractivity contribution is 0.0697. The quantitative estimate of drug-likeness (QED) is 0.609. The average molecular weight is 368 g/mol. The summed E-state index contributed by atoms with van der Waals surface area (Å²) in [7, 11) is 0. The van der Waals surface area contributed by atoms with Gasteiger partial charge in [-0.25, -0.2) is 4.79 Å². The number of allylic oxidation sites excluding steroid dienone is 1. The molecule has 0 radical (unpaired) electrons. The van der Waals surface area contributed by atoms with E-state index in [1.54, 1.807) is 30.5 Å². The lowest BCUT2D eigenvalue weighted by Crippen LogP contribution is -2.21. The summed E-state index contributed by atoms with van der Waals surface area (Å²) in [6, 6.07) is 16.8. The Balaban J connectivity index is 1.71. The fourth-order valence-corrected chi connectivity index (χ4v) is 3.52. The van der Waals surface area contributed by atoms with E-state index >= 15 is 0 Å². The van der Waals surface area contributed by atoms with Crippen LogP contribution in [0.4, 0.5) is 0 Å². The first-order valence-electron chi connectivity index (χ1n) is 9.18. The van der Waals surface area contributed by atoms with E-state index in [0.29, 0.717) is 0 Å². The molecule has 3 heteroatoms. The van der Waals surface area contributed by atoms with Crippen LogP contribution in [0.15, 0.2) is 71.4 Å². The third kappa shape index (κ3) is 3.37. The van der Waals surface area contributed by atoms with Crippen LogP contribution in [0.1, 0.15) is 58.6 Å². The van der Waals surface area contributed by atoms with Gasteiger partial charge in [0.05, 0.1) is 11.8 Å². The predicted molar refractivity (Wildman–Crippen MR) is 109 cm³/mol. The maximum Gasteiger partial charge on any atom is 0.335 e. The number of hydrogen-bond acceptors (Lipinski definition) is 2. The molecule has 1 aromatic heterocycles. The van der Waals surface area contributed by atoms with Gasteiger partial charge in [-0.05, 0) is 71.5 Å². The molecular formula is C25H20O3. The zero-order valence-corrected chi connectivity index (χ0v) is 15.8.